The van der Waals surface area contributed by atoms with E-state index in [1.807, 2.05) is 6.07 Å². The molecule has 0 radical (unpaired) electrons. The summed E-state index contributed by atoms with van der Waals surface area (Å²) >= 11 is 0. The van der Waals surface area contributed by atoms with Gasteiger partial charge < -0.3 is 15.0 Å². The van der Waals surface area contributed by atoms with E-state index in [2.05, 4.69) is 5.10 Å². The molecular weight excluding hydrogens is 214 g/mol. The summed E-state index contributed by atoms with van der Waals surface area (Å²) in [7, 11) is 1.49. The third kappa shape index (κ3) is 1.48. The van der Waals surface area contributed by atoms with Gasteiger partial charge in [-0.1, -0.05) is 0 Å². The maximum Gasteiger partial charge on any atom is 0.402 e. The van der Waals surface area contributed by atoms with E-state index < -0.39 is 22.7 Å². The second kappa shape index (κ2) is 3.30. The van der Waals surface area contributed by atoms with E-state index in [0.29, 0.717) is 6.54 Å². The Kier molecular flexibility index (Phi) is 2.09. The minimum atomic E-state index is -0.710. The smallest absolute Gasteiger partial charge is 0.358 e. The molecule has 1 fully saturated rings. The van der Waals surface area contributed by atoms with Crippen molar-refractivity contribution < 1.29 is 9.72 Å². The van der Waals surface area contributed by atoms with Crippen LogP contribution in [-0.2, 0) is 7.05 Å². The van der Waals surface area contributed by atoms with Crippen LogP contribution in [0.1, 0.15) is 10.4 Å². The normalized spacial score (nSPS) is 18.0. The van der Waals surface area contributed by atoms with Gasteiger partial charge in [0, 0.05) is 0 Å². The van der Waals surface area contributed by atoms with Crippen LogP contribution < -0.4 is 0 Å². The highest BCUT2D eigenvalue weighted by Crippen LogP contribution is 2.24. The third-order valence-corrected chi connectivity index (χ3v) is 2.23. The second-order valence-electron chi connectivity index (χ2n) is 3.40. The summed E-state index contributed by atoms with van der Waals surface area (Å²) in [5.41, 5.74) is -0.0785. The number of amides is 1. The van der Waals surface area contributed by atoms with Crippen molar-refractivity contribution in [3.05, 3.63) is 21.9 Å². The molecular formula is C8H7N5O3. The van der Waals surface area contributed by atoms with E-state index in [0.717, 1.165) is 0 Å². The quantitative estimate of drug-likeness (QED) is 0.386. The summed E-state index contributed by atoms with van der Waals surface area (Å²) in [5, 5.41) is 22.8. The minimum absolute atomic E-state index is 0.0785. The minimum Gasteiger partial charge on any atom is -0.358 e. The lowest BCUT2D eigenvalue weighted by atomic mass is 10.3. The number of nitrogens with zero attached hydrogens (tertiary/aromatic N) is 5. The van der Waals surface area contributed by atoms with Gasteiger partial charge in [0.2, 0.25) is 0 Å². The molecule has 2 rings (SSSR count). The zero-order valence-corrected chi connectivity index (χ0v) is 8.32. The molecule has 0 bridgehead atoms. The molecule has 0 N–H and O–H groups in total. The lowest BCUT2D eigenvalue weighted by Crippen LogP contribution is -2.14. The molecule has 0 spiro atoms. The number of aromatic nitrogens is 2. The predicted molar refractivity (Wildman–Crippen MR) is 50.3 cm³/mol. The van der Waals surface area contributed by atoms with Gasteiger partial charge in [-0.2, -0.15) is 9.94 Å². The molecule has 1 amide bonds. The fourth-order valence-electron chi connectivity index (χ4n) is 1.39. The van der Waals surface area contributed by atoms with E-state index in [4.69, 9.17) is 5.26 Å². The number of carbonyl (C=O) groups excluding carboxylic acids is 1. The van der Waals surface area contributed by atoms with Crippen LogP contribution in [0.5, 0.6) is 0 Å². The van der Waals surface area contributed by atoms with Crippen LogP contribution in [0.25, 0.3) is 0 Å². The molecule has 1 aliphatic rings. The van der Waals surface area contributed by atoms with Crippen molar-refractivity contribution in [1.82, 2.24) is 14.7 Å². The second-order valence-corrected chi connectivity index (χ2v) is 3.40. The predicted octanol–water partition coefficient (Wildman–Crippen LogP) is -0.324. The molecule has 8 nitrogen and oxygen atoms in total. The monoisotopic (exact) mass is 221 g/mol. The number of rotatable bonds is 2. The average Bonchev–Trinajstić information content (AvgIpc) is 2.92. The molecule has 1 aliphatic heterocycles. The Labute approximate surface area is 89.8 Å². The van der Waals surface area contributed by atoms with Crippen molar-refractivity contribution in [3.63, 3.8) is 0 Å². The number of nitro groups is 1. The standard InChI is InChI=1S/C8H7N5O3/c1-11-4-6(7(10-11)13(15)16)8(14)12-3-5(12)2-9/h4-5H,3H2,1H3. The first kappa shape index (κ1) is 10.1. The van der Waals surface area contributed by atoms with Gasteiger partial charge in [-0.05, 0) is 4.92 Å². The molecule has 1 aromatic rings. The van der Waals surface area contributed by atoms with Crippen molar-refractivity contribution in [2.24, 2.45) is 7.05 Å². The van der Waals surface area contributed by atoms with Gasteiger partial charge in [0.15, 0.2) is 5.56 Å². The largest absolute Gasteiger partial charge is 0.402 e. The van der Waals surface area contributed by atoms with Crippen LogP contribution in [0.4, 0.5) is 5.82 Å². The lowest BCUT2D eigenvalue weighted by molar-refractivity contribution is -0.390. The van der Waals surface area contributed by atoms with Gasteiger partial charge in [0.1, 0.15) is 6.04 Å². The van der Waals surface area contributed by atoms with Crippen LogP contribution in [0.3, 0.4) is 0 Å². The maximum atomic E-state index is 11.7. The summed E-state index contributed by atoms with van der Waals surface area (Å²) < 4.78 is 1.20. The molecule has 82 valence electrons. The zero-order valence-electron chi connectivity index (χ0n) is 8.32. The molecule has 0 aliphatic carbocycles. The van der Waals surface area contributed by atoms with Crippen molar-refractivity contribution >= 4 is 11.7 Å². The zero-order chi connectivity index (χ0) is 11.9. The van der Waals surface area contributed by atoms with Gasteiger partial charge in [0.25, 0.3) is 5.91 Å². The van der Waals surface area contributed by atoms with E-state index in [-0.39, 0.29) is 5.56 Å². The van der Waals surface area contributed by atoms with Crippen molar-refractivity contribution in [3.8, 4) is 6.07 Å². The fourth-order valence-corrected chi connectivity index (χ4v) is 1.39. The van der Waals surface area contributed by atoms with Crippen LogP contribution in [0.15, 0.2) is 6.20 Å². The Bertz CT molecular complexity index is 514. The Balaban J connectivity index is 2.31. The number of aryl methyl sites for hydroxylation is 1. The lowest BCUT2D eigenvalue weighted by Gasteiger charge is -1.97. The fraction of sp³-hybridized carbons (Fsp3) is 0.375. The molecule has 1 aromatic heterocycles. The first-order chi connectivity index (χ1) is 7.54. The number of nitriles is 1. The number of carbonyl (C=O) groups is 1. The molecule has 1 atom stereocenters. The summed E-state index contributed by atoms with van der Waals surface area (Å²) in [4.78, 5) is 22.9. The highest BCUT2D eigenvalue weighted by Gasteiger charge is 2.42. The molecule has 8 heteroatoms. The van der Waals surface area contributed by atoms with E-state index in [1.54, 1.807) is 0 Å². The first-order valence-electron chi connectivity index (χ1n) is 4.43. The van der Waals surface area contributed by atoms with E-state index >= 15 is 0 Å². The van der Waals surface area contributed by atoms with Crippen molar-refractivity contribution in [1.29, 1.82) is 5.26 Å². The third-order valence-electron chi connectivity index (χ3n) is 2.23. The van der Waals surface area contributed by atoms with E-state index in [1.165, 1.54) is 22.8 Å². The van der Waals surface area contributed by atoms with Crippen LogP contribution in [0, 0.1) is 21.4 Å². The first-order valence-corrected chi connectivity index (χ1v) is 4.43. The summed E-state index contributed by atoms with van der Waals surface area (Å²) in [6, 6.07) is 1.44. The molecule has 1 unspecified atom stereocenters. The Morgan fingerprint density at radius 1 is 1.81 bits per heavy atom. The van der Waals surface area contributed by atoms with Crippen molar-refractivity contribution in [2.45, 2.75) is 6.04 Å². The Morgan fingerprint density at radius 3 is 3.00 bits per heavy atom. The molecule has 1 saturated heterocycles. The summed E-state index contributed by atoms with van der Waals surface area (Å²) in [5.74, 6) is -0.998. The topological polar surface area (TPSA) is 105 Å². The van der Waals surface area contributed by atoms with Gasteiger partial charge >= 0.3 is 5.82 Å². The van der Waals surface area contributed by atoms with Crippen LogP contribution >= 0.6 is 0 Å². The van der Waals surface area contributed by atoms with E-state index in [9.17, 15) is 14.9 Å². The number of hydrogen-bond acceptors (Lipinski definition) is 5. The van der Waals surface area contributed by atoms with Gasteiger partial charge in [-0.3, -0.25) is 4.79 Å². The molecule has 2 heterocycles. The van der Waals surface area contributed by atoms with Crippen LogP contribution in [-0.4, -0.2) is 38.1 Å². The average molecular weight is 221 g/mol. The Hall–Kier alpha value is -2.43. The molecule has 16 heavy (non-hydrogen) atoms. The number of hydrogen-bond donors (Lipinski definition) is 0. The maximum absolute atomic E-state index is 11.7. The Morgan fingerprint density at radius 2 is 2.50 bits per heavy atom. The van der Waals surface area contributed by atoms with Gasteiger partial charge in [0.05, 0.1) is 31.0 Å². The summed E-state index contributed by atoms with van der Waals surface area (Å²) in [6.07, 6.45) is 1.28. The van der Waals surface area contributed by atoms with Gasteiger partial charge in [-0.25, -0.2) is 0 Å². The summed E-state index contributed by atoms with van der Waals surface area (Å²) in [6.45, 7) is 0.321. The highest BCUT2D eigenvalue weighted by molar-refractivity contribution is 5.99. The van der Waals surface area contributed by atoms with Gasteiger partial charge in [-0.15, -0.1) is 0 Å². The highest BCUT2D eigenvalue weighted by atomic mass is 16.6. The molecule has 0 saturated carbocycles. The van der Waals surface area contributed by atoms with Crippen molar-refractivity contribution in [2.75, 3.05) is 6.54 Å². The SMILES string of the molecule is Cn1cc(C(=O)N2CC2C#N)c([N+](=O)[O-])n1. The van der Waals surface area contributed by atoms with Crippen LogP contribution in [0.2, 0.25) is 0 Å². The molecule has 0 aromatic carbocycles.